The van der Waals surface area contributed by atoms with Gasteiger partial charge in [-0.2, -0.15) is 10.3 Å². The van der Waals surface area contributed by atoms with Crippen molar-refractivity contribution in [1.29, 1.82) is 0 Å². The van der Waals surface area contributed by atoms with Gasteiger partial charge < -0.3 is 4.74 Å². The van der Waals surface area contributed by atoms with Crippen LogP contribution in [0.5, 0.6) is 0 Å². The number of nitrogens with one attached hydrogen (secondary N) is 1. The van der Waals surface area contributed by atoms with Crippen LogP contribution in [-0.2, 0) is 9.53 Å². The highest BCUT2D eigenvalue weighted by Gasteiger charge is 2.14. The van der Waals surface area contributed by atoms with Crippen molar-refractivity contribution in [3.8, 4) is 11.8 Å². The van der Waals surface area contributed by atoms with Gasteiger partial charge in [-0.1, -0.05) is 0 Å². The lowest BCUT2D eigenvalue weighted by molar-refractivity contribution is -0.147. The number of rotatable bonds is 0. The topological polar surface area (TPSA) is 67.9 Å². The Morgan fingerprint density at radius 2 is 2.29 bits per heavy atom. The molecule has 0 saturated heterocycles. The number of H-pyrrole nitrogens is 1. The maximum Gasteiger partial charge on any atom is 0.385 e. The standard InChI is InChI=1S/C9H11N3O2/c1-9(2,3)14-8(13)5-4-7-6-10-12-11-7/h6H,1-3H3,(H,10,11,12). The van der Waals surface area contributed by atoms with E-state index >= 15 is 0 Å². The number of aromatic nitrogens is 3. The first kappa shape index (κ1) is 10.3. The number of carbonyl (C=O) groups excluding carboxylic acids is 1. The summed E-state index contributed by atoms with van der Waals surface area (Å²) in [6.45, 7) is 5.34. The van der Waals surface area contributed by atoms with Crippen LogP contribution in [0.3, 0.4) is 0 Å². The van der Waals surface area contributed by atoms with Crippen LogP contribution in [0.2, 0.25) is 0 Å². The van der Waals surface area contributed by atoms with Crippen LogP contribution in [0, 0.1) is 11.8 Å². The van der Waals surface area contributed by atoms with Gasteiger partial charge in [-0.3, -0.25) is 0 Å². The van der Waals surface area contributed by atoms with E-state index in [-0.39, 0.29) is 0 Å². The fourth-order valence-electron chi connectivity index (χ4n) is 0.681. The number of hydrogen-bond acceptors (Lipinski definition) is 4. The molecule has 0 amide bonds. The third kappa shape index (κ3) is 3.72. The van der Waals surface area contributed by atoms with Gasteiger partial charge in [0.15, 0.2) is 5.69 Å². The maximum atomic E-state index is 11.1. The third-order valence-corrected chi connectivity index (χ3v) is 1.11. The zero-order valence-electron chi connectivity index (χ0n) is 8.29. The van der Waals surface area contributed by atoms with Crippen molar-refractivity contribution in [3.05, 3.63) is 11.9 Å². The van der Waals surface area contributed by atoms with Crippen molar-refractivity contribution >= 4 is 5.97 Å². The van der Waals surface area contributed by atoms with E-state index in [9.17, 15) is 4.79 Å². The quantitative estimate of drug-likeness (QED) is 0.481. The van der Waals surface area contributed by atoms with Gasteiger partial charge in [0.2, 0.25) is 0 Å². The molecule has 1 heterocycles. The fourth-order valence-corrected chi connectivity index (χ4v) is 0.681. The number of nitrogens with zero attached hydrogens (tertiary/aromatic N) is 2. The molecule has 5 heteroatoms. The van der Waals surface area contributed by atoms with Gasteiger partial charge in [0.05, 0.1) is 6.20 Å². The first-order valence-corrected chi connectivity index (χ1v) is 4.08. The summed E-state index contributed by atoms with van der Waals surface area (Å²) in [6, 6.07) is 0. The lowest BCUT2D eigenvalue weighted by atomic mass is 10.2. The van der Waals surface area contributed by atoms with Crippen LogP contribution >= 0.6 is 0 Å². The van der Waals surface area contributed by atoms with Crippen LogP contribution in [0.15, 0.2) is 6.20 Å². The third-order valence-electron chi connectivity index (χ3n) is 1.11. The van der Waals surface area contributed by atoms with Gasteiger partial charge in [0, 0.05) is 5.92 Å². The van der Waals surface area contributed by atoms with E-state index < -0.39 is 11.6 Å². The van der Waals surface area contributed by atoms with E-state index in [0.29, 0.717) is 5.69 Å². The van der Waals surface area contributed by atoms with Gasteiger partial charge in [-0.25, -0.2) is 4.79 Å². The predicted octanol–water partition coefficient (Wildman–Crippen LogP) is 0.498. The van der Waals surface area contributed by atoms with Gasteiger partial charge >= 0.3 is 5.97 Å². The lowest BCUT2D eigenvalue weighted by Crippen LogP contribution is -2.22. The molecular weight excluding hydrogens is 182 g/mol. The summed E-state index contributed by atoms with van der Waals surface area (Å²) in [5.41, 5.74) is -0.105. The van der Waals surface area contributed by atoms with E-state index in [1.807, 2.05) is 0 Å². The molecule has 0 aromatic carbocycles. The first-order valence-electron chi connectivity index (χ1n) is 4.08. The predicted molar refractivity (Wildman–Crippen MR) is 49.1 cm³/mol. The Bertz CT molecular complexity index is 365. The molecule has 1 aromatic rings. The summed E-state index contributed by atoms with van der Waals surface area (Å²) in [5.74, 6) is 4.26. The summed E-state index contributed by atoms with van der Waals surface area (Å²) in [6.07, 6.45) is 1.43. The van der Waals surface area contributed by atoms with Gasteiger partial charge in [-0.15, -0.1) is 5.10 Å². The summed E-state index contributed by atoms with van der Waals surface area (Å²) >= 11 is 0. The minimum atomic E-state index is -0.569. The molecule has 0 aliphatic heterocycles. The number of hydrogen-bond donors (Lipinski definition) is 1. The molecule has 0 aliphatic rings. The monoisotopic (exact) mass is 193 g/mol. The normalized spacial score (nSPS) is 10.2. The molecule has 0 bridgehead atoms. The van der Waals surface area contributed by atoms with E-state index in [0.717, 1.165) is 0 Å². The summed E-state index contributed by atoms with van der Waals surface area (Å²) in [4.78, 5) is 11.1. The zero-order valence-corrected chi connectivity index (χ0v) is 8.29. The molecule has 74 valence electrons. The average Bonchev–Trinajstić information content (AvgIpc) is 2.49. The van der Waals surface area contributed by atoms with E-state index in [4.69, 9.17) is 4.74 Å². The first-order chi connectivity index (χ1) is 6.47. The number of ether oxygens (including phenoxy) is 1. The molecule has 0 fully saturated rings. The van der Waals surface area contributed by atoms with Crippen molar-refractivity contribution in [2.45, 2.75) is 26.4 Å². The summed E-state index contributed by atoms with van der Waals surface area (Å²) < 4.78 is 4.97. The summed E-state index contributed by atoms with van der Waals surface area (Å²) in [7, 11) is 0. The molecule has 0 unspecified atom stereocenters. The molecule has 0 atom stereocenters. The molecule has 0 spiro atoms. The molecule has 1 N–H and O–H groups in total. The number of aromatic amines is 1. The highest BCUT2D eigenvalue weighted by atomic mass is 16.6. The Morgan fingerprint density at radius 1 is 1.57 bits per heavy atom. The lowest BCUT2D eigenvalue weighted by Gasteiger charge is -2.16. The molecule has 0 saturated carbocycles. The molecule has 1 rings (SSSR count). The van der Waals surface area contributed by atoms with Crippen LogP contribution < -0.4 is 0 Å². The van der Waals surface area contributed by atoms with E-state index in [1.54, 1.807) is 20.8 Å². The van der Waals surface area contributed by atoms with Crippen molar-refractivity contribution in [1.82, 2.24) is 15.4 Å². The number of esters is 1. The largest absolute Gasteiger partial charge is 0.450 e. The van der Waals surface area contributed by atoms with Crippen LogP contribution in [0.1, 0.15) is 26.5 Å². The maximum absolute atomic E-state index is 11.1. The van der Waals surface area contributed by atoms with Gasteiger partial charge in [-0.05, 0) is 26.7 Å². The molecular formula is C9H11N3O2. The van der Waals surface area contributed by atoms with Crippen molar-refractivity contribution in [2.75, 3.05) is 0 Å². The minimum absolute atomic E-state index is 0.413. The Labute approximate surface area is 81.8 Å². The second kappa shape index (κ2) is 3.92. The molecule has 0 aliphatic carbocycles. The van der Waals surface area contributed by atoms with Crippen LogP contribution in [0.4, 0.5) is 0 Å². The SMILES string of the molecule is CC(C)(C)OC(=O)C#Cc1cn[nH]n1. The highest BCUT2D eigenvalue weighted by Crippen LogP contribution is 2.06. The summed E-state index contributed by atoms with van der Waals surface area (Å²) in [5, 5.41) is 9.60. The van der Waals surface area contributed by atoms with Crippen LogP contribution in [0.25, 0.3) is 0 Å². The molecule has 0 radical (unpaired) electrons. The fraction of sp³-hybridized carbons (Fsp3) is 0.444. The highest BCUT2D eigenvalue weighted by molar-refractivity contribution is 5.89. The van der Waals surface area contributed by atoms with Gasteiger partial charge in [0.25, 0.3) is 0 Å². The van der Waals surface area contributed by atoms with Crippen molar-refractivity contribution in [3.63, 3.8) is 0 Å². The molecule has 1 aromatic heterocycles. The Kier molecular flexibility index (Phi) is 2.87. The smallest absolute Gasteiger partial charge is 0.385 e. The minimum Gasteiger partial charge on any atom is -0.450 e. The van der Waals surface area contributed by atoms with Crippen molar-refractivity contribution < 1.29 is 9.53 Å². The number of carbonyl (C=O) groups is 1. The average molecular weight is 193 g/mol. The zero-order chi connectivity index (χ0) is 10.6. The van der Waals surface area contributed by atoms with Crippen molar-refractivity contribution in [2.24, 2.45) is 0 Å². The van der Waals surface area contributed by atoms with E-state index in [1.165, 1.54) is 6.20 Å². The second-order valence-electron chi connectivity index (χ2n) is 3.61. The molecule has 5 nitrogen and oxygen atoms in total. The molecule has 14 heavy (non-hydrogen) atoms. The Hall–Kier alpha value is -1.83. The van der Waals surface area contributed by atoms with Crippen LogP contribution in [-0.4, -0.2) is 27.0 Å². The second-order valence-corrected chi connectivity index (χ2v) is 3.61. The van der Waals surface area contributed by atoms with Gasteiger partial charge in [0.1, 0.15) is 5.60 Å². The van der Waals surface area contributed by atoms with E-state index in [2.05, 4.69) is 27.3 Å². The Balaban J connectivity index is 2.57. The Morgan fingerprint density at radius 3 is 2.79 bits per heavy atom.